The third-order valence-corrected chi connectivity index (χ3v) is 6.66. The lowest BCUT2D eigenvalue weighted by Gasteiger charge is -2.24. The molecule has 1 saturated heterocycles. The van der Waals surface area contributed by atoms with Crippen molar-refractivity contribution in [2.75, 3.05) is 17.6 Å². The minimum atomic E-state index is -0.496. The summed E-state index contributed by atoms with van der Waals surface area (Å²) in [5, 5.41) is 12.3. The van der Waals surface area contributed by atoms with Gasteiger partial charge in [0.2, 0.25) is 5.91 Å². The Labute approximate surface area is 206 Å². The standard InChI is InChI=1S/C24H23ClFN5O2S/c1-2-13-31-22(20-8-5-14-30(20)23(33)16-9-11-17(25)12-10-16)28-29-24(31)34-15-21(32)27-19-7-4-3-6-18(19)26/h2-4,6-7,9-12,20H,1,5,8,13-15H2,(H,27,32). The van der Waals surface area contributed by atoms with Gasteiger partial charge in [0.15, 0.2) is 11.0 Å². The molecule has 34 heavy (non-hydrogen) atoms. The third-order valence-electron chi connectivity index (χ3n) is 5.44. The van der Waals surface area contributed by atoms with Crippen molar-refractivity contribution in [2.24, 2.45) is 0 Å². The maximum absolute atomic E-state index is 13.8. The number of likely N-dealkylation sites (tertiary alicyclic amines) is 1. The monoisotopic (exact) mass is 499 g/mol. The number of benzene rings is 2. The Kier molecular flexibility index (Phi) is 7.64. The average molecular weight is 500 g/mol. The molecule has 2 aromatic carbocycles. The van der Waals surface area contributed by atoms with Crippen molar-refractivity contribution in [1.29, 1.82) is 0 Å². The fourth-order valence-electron chi connectivity index (χ4n) is 3.87. The summed E-state index contributed by atoms with van der Waals surface area (Å²) in [5.74, 6) is -0.265. The SMILES string of the molecule is C=CCn1c(SCC(=O)Nc2ccccc2F)nnc1C1CCCN1C(=O)c1ccc(Cl)cc1. The van der Waals surface area contributed by atoms with Crippen molar-refractivity contribution in [1.82, 2.24) is 19.7 Å². The molecule has 1 unspecified atom stereocenters. The topological polar surface area (TPSA) is 80.1 Å². The summed E-state index contributed by atoms with van der Waals surface area (Å²) < 4.78 is 15.7. The van der Waals surface area contributed by atoms with Gasteiger partial charge in [0.1, 0.15) is 5.82 Å². The van der Waals surface area contributed by atoms with Crippen LogP contribution in [-0.2, 0) is 11.3 Å². The Morgan fingerprint density at radius 1 is 1.21 bits per heavy atom. The molecule has 0 radical (unpaired) electrons. The van der Waals surface area contributed by atoms with E-state index in [-0.39, 0.29) is 29.3 Å². The van der Waals surface area contributed by atoms with Crippen LogP contribution < -0.4 is 5.32 Å². The first kappa shape index (κ1) is 24.0. The highest BCUT2D eigenvalue weighted by atomic mass is 35.5. The number of nitrogens with one attached hydrogen (secondary N) is 1. The molecule has 4 rings (SSSR count). The first-order valence-electron chi connectivity index (χ1n) is 10.8. The number of amides is 2. The molecule has 1 N–H and O–H groups in total. The van der Waals surface area contributed by atoms with Gasteiger partial charge >= 0.3 is 0 Å². The number of hydrogen-bond donors (Lipinski definition) is 1. The molecule has 0 aliphatic carbocycles. The molecule has 2 heterocycles. The lowest BCUT2D eigenvalue weighted by Crippen LogP contribution is -2.32. The van der Waals surface area contributed by atoms with Crippen LogP contribution in [0.3, 0.4) is 0 Å². The molecule has 1 fully saturated rings. The Morgan fingerprint density at radius 3 is 2.71 bits per heavy atom. The number of rotatable bonds is 8. The predicted octanol–water partition coefficient (Wildman–Crippen LogP) is 4.96. The number of para-hydroxylation sites is 1. The Balaban J connectivity index is 1.49. The summed E-state index contributed by atoms with van der Waals surface area (Å²) in [6.45, 7) is 4.86. The second kappa shape index (κ2) is 10.8. The highest BCUT2D eigenvalue weighted by Gasteiger charge is 2.34. The van der Waals surface area contributed by atoms with Crippen LogP contribution >= 0.6 is 23.4 Å². The second-order valence-electron chi connectivity index (χ2n) is 7.72. The van der Waals surface area contributed by atoms with Gasteiger partial charge in [-0.1, -0.05) is 41.6 Å². The van der Waals surface area contributed by atoms with Gasteiger partial charge in [-0.3, -0.25) is 9.59 Å². The molecule has 1 aliphatic heterocycles. The first-order valence-corrected chi connectivity index (χ1v) is 12.1. The summed E-state index contributed by atoms with van der Waals surface area (Å²) in [6.07, 6.45) is 3.32. The molecule has 1 aromatic heterocycles. The lowest BCUT2D eigenvalue weighted by atomic mass is 10.1. The van der Waals surface area contributed by atoms with E-state index >= 15 is 0 Å². The predicted molar refractivity (Wildman–Crippen MR) is 130 cm³/mol. The van der Waals surface area contributed by atoms with E-state index in [0.29, 0.717) is 34.7 Å². The van der Waals surface area contributed by atoms with E-state index in [0.717, 1.165) is 12.8 Å². The number of carbonyl (C=O) groups is 2. The zero-order chi connectivity index (χ0) is 24.1. The van der Waals surface area contributed by atoms with E-state index in [1.807, 2.05) is 4.57 Å². The summed E-state index contributed by atoms with van der Waals surface area (Å²) in [5.41, 5.74) is 0.689. The molecular formula is C24H23ClFN5O2S. The molecule has 0 spiro atoms. The van der Waals surface area contributed by atoms with Gasteiger partial charge in [-0.25, -0.2) is 4.39 Å². The van der Waals surface area contributed by atoms with Crippen LogP contribution in [0, 0.1) is 5.82 Å². The highest BCUT2D eigenvalue weighted by Crippen LogP contribution is 2.34. The minimum absolute atomic E-state index is 0.0295. The molecule has 1 aliphatic rings. The minimum Gasteiger partial charge on any atom is -0.328 e. The number of anilines is 1. The van der Waals surface area contributed by atoms with Gasteiger partial charge in [0.25, 0.3) is 5.91 Å². The van der Waals surface area contributed by atoms with Crippen LogP contribution in [0.25, 0.3) is 0 Å². The molecule has 0 saturated carbocycles. The number of carbonyl (C=O) groups excluding carboxylic acids is 2. The normalized spacial score (nSPS) is 15.4. The highest BCUT2D eigenvalue weighted by molar-refractivity contribution is 7.99. The molecule has 10 heteroatoms. The molecule has 7 nitrogen and oxygen atoms in total. The molecule has 3 aromatic rings. The van der Waals surface area contributed by atoms with Crippen molar-refractivity contribution in [3.8, 4) is 0 Å². The summed E-state index contributed by atoms with van der Waals surface area (Å²) in [6, 6.07) is 12.6. The number of halogens is 2. The van der Waals surface area contributed by atoms with Crippen molar-refractivity contribution >= 4 is 40.9 Å². The summed E-state index contributed by atoms with van der Waals surface area (Å²) in [7, 11) is 0. The number of thioether (sulfide) groups is 1. The smallest absolute Gasteiger partial charge is 0.254 e. The van der Waals surface area contributed by atoms with Crippen LogP contribution in [0.1, 0.15) is 35.1 Å². The first-order chi connectivity index (χ1) is 16.5. The maximum atomic E-state index is 13.8. The molecule has 2 amide bonds. The Bertz CT molecular complexity index is 1200. The van der Waals surface area contributed by atoms with Crippen LogP contribution in [-0.4, -0.2) is 43.8 Å². The van der Waals surface area contributed by atoms with E-state index in [9.17, 15) is 14.0 Å². The Morgan fingerprint density at radius 2 is 1.97 bits per heavy atom. The van der Waals surface area contributed by atoms with E-state index in [2.05, 4.69) is 22.1 Å². The van der Waals surface area contributed by atoms with E-state index in [1.165, 1.54) is 23.9 Å². The number of aromatic nitrogens is 3. The van der Waals surface area contributed by atoms with Crippen LogP contribution in [0.4, 0.5) is 10.1 Å². The van der Waals surface area contributed by atoms with Gasteiger partial charge < -0.3 is 14.8 Å². The molecular weight excluding hydrogens is 477 g/mol. The van der Waals surface area contributed by atoms with Crippen molar-refractivity contribution in [3.05, 3.63) is 83.4 Å². The van der Waals surface area contributed by atoms with Crippen molar-refractivity contribution in [3.63, 3.8) is 0 Å². The molecule has 0 bridgehead atoms. The number of hydrogen-bond acceptors (Lipinski definition) is 5. The van der Waals surface area contributed by atoms with Crippen LogP contribution in [0.15, 0.2) is 66.3 Å². The van der Waals surface area contributed by atoms with Crippen molar-refractivity contribution in [2.45, 2.75) is 30.6 Å². The maximum Gasteiger partial charge on any atom is 0.254 e. The zero-order valence-electron chi connectivity index (χ0n) is 18.3. The summed E-state index contributed by atoms with van der Waals surface area (Å²) >= 11 is 7.15. The fourth-order valence-corrected chi connectivity index (χ4v) is 4.75. The van der Waals surface area contributed by atoms with Crippen LogP contribution in [0.5, 0.6) is 0 Å². The van der Waals surface area contributed by atoms with E-state index in [4.69, 9.17) is 11.6 Å². The zero-order valence-corrected chi connectivity index (χ0v) is 19.9. The van der Waals surface area contributed by atoms with Gasteiger partial charge in [-0.05, 0) is 49.2 Å². The quantitative estimate of drug-likeness (QED) is 0.350. The molecule has 1 atom stereocenters. The average Bonchev–Trinajstić information content (AvgIpc) is 3.46. The number of nitrogens with zero attached hydrogens (tertiary/aromatic N) is 4. The third kappa shape index (κ3) is 5.31. The molecule has 176 valence electrons. The fraction of sp³-hybridized carbons (Fsp3) is 0.250. The van der Waals surface area contributed by atoms with Gasteiger partial charge in [0, 0.05) is 23.7 Å². The Hall–Kier alpha value is -3.17. The van der Waals surface area contributed by atoms with E-state index < -0.39 is 5.82 Å². The van der Waals surface area contributed by atoms with Gasteiger partial charge in [0.05, 0.1) is 17.5 Å². The largest absolute Gasteiger partial charge is 0.328 e. The second-order valence-corrected chi connectivity index (χ2v) is 9.10. The number of allylic oxidation sites excluding steroid dienone is 1. The van der Waals surface area contributed by atoms with E-state index in [1.54, 1.807) is 47.4 Å². The van der Waals surface area contributed by atoms with Crippen molar-refractivity contribution < 1.29 is 14.0 Å². The summed E-state index contributed by atoms with van der Waals surface area (Å²) in [4.78, 5) is 27.3. The van der Waals surface area contributed by atoms with Gasteiger partial charge in [-0.15, -0.1) is 16.8 Å². The lowest BCUT2D eigenvalue weighted by molar-refractivity contribution is -0.113. The van der Waals surface area contributed by atoms with Gasteiger partial charge in [-0.2, -0.15) is 0 Å². The van der Waals surface area contributed by atoms with Crippen LogP contribution in [0.2, 0.25) is 5.02 Å².